The van der Waals surface area contributed by atoms with Gasteiger partial charge in [-0.15, -0.1) is 5.10 Å². The van der Waals surface area contributed by atoms with Gasteiger partial charge >= 0.3 is 0 Å². The molecule has 94 valence electrons. The fraction of sp³-hybridized carbons (Fsp3) is 0.429. The third-order valence-corrected chi connectivity index (χ3v) is 4.25. The van der Waals surface area contributed by atoms with Gasteiger partial charge in [0.05, 0.1) is 0 Å². The van der Waals surface area contributed by atoms with Crippen molar-refractivity contribution in [3.63, 3.8) is 0 Å². The van der Waals surface area contributed by atoms with Crippen LogP contribution in [0, 0.1) is 0 Å². The van der Waals surface area contributed by atoms with Gasteiger partial charge < -0.3 is 0 Å². The number of rotatable bonds is 2. The molecule has 8 nitrogen and oxygen atoms in total. The van der Waals surface area contributed by atoms with E-state index >= 15 is 0 Å². The van der Waals surface area contributed by atoms with Crippen molar-refractivity contribution >= 4 is 33.2 Å². The second kappa shape index (κ2) is 4.75. The smallest absolute Gasteiger partial charge is 0.274 e. The number of hydrogen-bond donors (Lipinski definition) is 1. The molecule has 0 spiro atoms. The maximum atomic E-state index is 11.6. The van der Waals surface area contributed by atoms with Gasteiger partial charge in [0, 0.05) is 20.9 Å². The number of carbonyl (C=O) groups is 2. The lowest BCUT2D eigenvalue weighted by Gasteiger charge is -1.98. The molecular weight excluding hydrogens is 268 g/mol. The van der Waals surface area contributed by atoms with Crippen LogP contribution < -0.4 is 9.52 Å². The number of hydrogen-bond acceptors (Lipinski definition) is 6. The zero-order valence-electron chi connectivity index (χ0n) is 9.29. The average Bonchev–Trinajstić information content (AvgIpc) is 2.45. The molecule has 1 aromatic heterocycles. The van der Waals surface area contributed by atoms with Crippen molar-refractivity contribution in [3.8, 4) is 0 Å². The number of nitrogens with zero attached hydrogens (tertiary/aromatic N) is 3. The third-order valence-electron chi connectivity index (χ3n) is 1.45. The van der Waals surface area contributed by atoms with Gasteiger partial charge in [-0.05, 0) is 0 Å². The van der Waals surface area contributed by atoms with Crippen LogP contribution in [0.1, 0.15) is 13.8 Å². The molecule has 0 aliphatic heterocycles. The summed E-state index contributed by atoms with van der Waals surface area (Å²) >= 11 is 0.698. The van der Waals surface area contributed by atoms with Crippen molar-refractivity contribution in [2.45, 2.75) is 18.2 Å². The van der Waals surface area contributed by atoms with Crippen LogP contribution in [0.15, 0.2) is 9.33 Å². The average molecular weight is 278 g/mol. The van der Waals surface area contributed by atoms with Gasteiger partial charge in [-0.1, -0.05) is 11.3 Å². The Morgan fingerprint density at radius 2 is 2.00 bits per heavy atom. The largest absolute Gasteiger partial charge is 0.293 e. The van der Waals surface area contributed by atoms with Gasteiger partial charge in [0.25, 0.3) is 14.4 Å². The highest BCUT2D eigenvalue weighted by atomic mass is 32.2. The van der Waals surface area contributed by atoms with Crippen LogP contribution in [0.4, 0.5) is 0 Å². The Morgan fingerprint density at radius 1 is 1.41 bits per heavy atom. The summed E-state index contributed by atoms with van der Waals surface area (Å²) < 4.78 is 25.7. The van der Waals surface area contributed by atoms with Gasteiger partial charge in [0.15, 0.2) is 0 Å². The zero-order valence-corrected chi connectivity index (χ0v) is 10.9. The highest BCUT2D eigenvalue weighted by Crippen LogP contribution is 2.07. The maximum absolute atomic E-state index is 11.6. The molecule has 2 amide bonds. The summed E-state index contributed by atoms with van der Waals surface area (Å²) in [5, 5.41) is 3.67. The Bertz CT molecular complexity index is 625. The minimum absolute atomic E-state index is 0.140. The standard InChI is InChI=1S/C7H10N4O4S2/c1-4(12)8-6-11(3)9-7(16-6)17(14,15)10-5(2)13/h1-3H3,(H,10,13). The van der Waals surface area contributed by atoms with Gasteiger partial charge in [-0.2, -0.15) is 13.4 Å². The lowest BCUT2D eigenvalue weighted by molar-refractivity contribution is -0.117. The predicted octanol–water partition coefficient (Wildman–Crippen LogP) is -1.25. The molecule has 1 N–H and O–H groups in total. The molecule has 0 aliphatic carbocycles. The van der Waals surface area contributed by atoms with Crippen molar-refractivity contribution in [2.75, 3.05) is 0 Å². The van der Waals surface area contributed by atoms with Crippen LogP contribution in [0.25, 0.3) is 0 Å². The minimum Gasteiger partial charge on any atom is -0.274 e. The van der Waals surface area contributed by atoms with Crippen molar-refractivity contribution in [2.24, 2.45) is 12.0 Å². The number of amides is 2. The molecule has 0 radical (unpaired) electrons. The minimum atomic E-state index is -3.98. The Balaban J connectivity index is 3.28. The van der Waals surface area contributed by atoms with Gasteiger partial charge in [-0.3, -0.25) is 9.59 Å². The van der Waals surface area contributed by atoms with Gasteiger partial charge in [-0.25, -0.2) is 9.40 Å². The molecule has 17 heavy (non-hydrogen) atoms. The molecule has 10 heteroatoms. The molecule has 0 saturated carbocycles. The van der Waals surface area contributed by atoms with E-state index in [9.17, 15) is 18.0 Å². The van der Waals surface area contributed by atoms with Crippen LogP contribution in [0.2, 0.25) is 0 Å². The molecule has 0 bridgehead atoms. The fourth-order valence-corrected chi connectivity index (χ4v) is 3.05. The van der Waals surface area contributed by atoms with E-state index in [1.54, 1.807) is 4.72 Å². The van der Waals surface area contributed by atoms with E-state index in [-0.39, 0.29) is 9.14 Å². The molecule has 1 aromatic rings. The first-order chi connectivity index (χ1) is 7.72. The van der Waals surface area contributed by atoms with E-state index in [0.717, 1.165) is 11.6 Å². The fourth-order valence-electron chi connectivity index (χ4n) is 0.901. The summed E-state index contributed by atoms with van der Waals surface area (Å²) in [6, 6.07) is 0. The summed E-state index contributed by atoms with van der Waals surface area (Å²) in [7, 11) is -2.53. The van der Waals surface area contributed by atoms with Crippen molar-refractivity contribution in [1.82, 2.24) is 14.5 Å². The number of sulfonamides is 1. The third kappa shape index (κ3) is 3.46. The summed E-state index contributed by atoms with van der Waals surface area (Å²) in [6.07, 6.45) is 0. The first-order valence-electron chi connectivity index (χ1n) is 4.35. The van der Waals surface area contributed by atoms with E-state index < -0.39 is 21.8 Å². The first kappa shape index (κ1) is 13.5. The highest BCUT2D eigenvalue weighted by Gasteiger charge is 2.20. The second-order valence-electron chi connectivity index (χ2n) is 3.07. The van der Waals surface area contributed by atoms with E-state index in [1.807, 2.05) is 0 Å². The number of carbonyl (C=O) groups excluding carboxylic acids is 2. The Labute approximate surface area is 101 Å². The van der Waals surface area contributed by atoms with E-state index in [2.05, 4.69) is 10.1 Å². The summed E-state index contributed by atoms with van der Waals surface area (Å²) in [4.78, 5) is 25.2. The van der Waals surface area contributed by atoms with E-state index in [0.29, 0.717) is 11.3 Å². The van der Waals surface area contributed by atoms with Crippen molar-refractivity contribution in [1.29, 1.82) is 0 Å². The highest BCUT2D eigenvalue weighted by molar-refractivity contribution is 7.92. The molecule has 0 aliphatic rings. The molecule has 1 rings (SSSR count). The summed E-state index contributed by atoms with van der Waals surface area (Å²) in [5.41, 5.74) is 0. The molecule has 0 atom stereocenters. The Morgan fingerprint density at radius 3 is 2.47 bits per heavy atom. The lowest BCUT2D eigenvalue weighted by Crippen LogP contribution is -2.28. The summed E-state index contributed by atoms with van der Waals surface area (Å²) in [6.45, 7) is 2.31. The molecule has 0 unspecified atom stereocenters. The van der Waals surface area contributed by atoms with Crippen molar-refractivity contribution < 1.29 is 18.0 Å². The molecular formula is C7H10N4O4S2. The molecule has 1 heterocycles. The zero-order chi connectivity index (χ0) is 13.2. The SMILES string of the molecule is CC(=O)N=c1sc(S(=O)(=O)NC(C)=O)nn1C. The van der Waals surface area contributed by atoms with Crippen molar-refractivity contribution in [3.05, 3.63) is 4.80 Å². The first-order valence-corrected chi connectivity index (χ1v) is 6.65. The van der Waals surface area contributed by atoms with Crippen LogP contribution in [0.5, 0.6) is 0 Å². The summed E-state index contributed by atoms with van der Waals surface area (Å²) in [5.74, 6) is -1.18. The topological polar surface area (TPSA) is 110 Å². The second-order valence-corrected chi connectivity index (χ2v) is 5.88. The monoisotopic (exact) mass is 278 g/mol. The molecule has 0 aromatic carbocycles. The van der Waals surface area contributed by atoms with E-state index in [4.69, 9.17) is 0 Å². The Hall–Kier alpha value is -1.55. The predicted molar refractivity (Wildman–Crippen MR) is 58.3 cm³/mol. The van der Waals surface area contributed by atoms with Crippen LogP contribution in [-0.2, 0) is 26.7 Å². The van der Waals surface area contributed by atoms with E-state index in [1.165, 1.54) is 14.0 Å². The molecule has 0 saturated heterocycles. The number of nitrogens with one attached hydrogen (secondary N) is 1. The Kier molecular flexibility index (Phi) is 3.78. The van der Waals surface area contributed by atoms with Crippen LogP contribution in [0.3, 0.4) is 0 Å². The van der Waals surface area contributed by atoms with Gasteiger partial charge in [0.2, 0.25) is 16.6 Å². The van der Waals surface area contributed by atoms with Crippen LogP contribution in [-0.4, -0.2) is 30.0 Å². The van der Waals surface area contributed by atoms with Gasteiger partial charge in [0.1, 0.15) is 0 Å². The van der Waals surface area contributed by atoms with Crippen LogP contribution >= 0.6 is 11.3 Å². The quantitative estimate of drug-likeness (QED) is 0.727. The number of aryl methyl sites for hydroxylation is 1. The number of aromatic nitrogens is 2. The maximum Gasteiger partial charge on any atom is 0.293 e. The molecule has 0 fully saturated rings. The normalized spacial score (nSPS) is 12.5. The lowest BCUT2D eigenvalue weighted by atomic mass is 10.8.